The Bertz CT molecular complexity index is 847. The van der Waals surface area contributed by atoms with Crippen LogP contribution >= 0.6 is 0 Å². The molecule has 0 saturated carbocycles. The number of carbonyl (C=O) groups is 1. The van der Waals surface area contributed by atoms with Crippen molar-refractivity contribution in [2.24, 2.45) is 0 Å². The highest BCUT2D eigenvalue weighted by Crippen LogP contribution is 2.28. The van der Waals surface area contributed by atoms with Gasteiger partial charge in [0.2, 0.25) is 0 Å². The molecule has 0 fully saturated rings. The second-order valence-corrected chi connectivity index (χ2v) is 8.48. The largest absolute Gasteiger partial charge is 0.467 e. The van der Waals surface area contributed by atoms with E-state index in [1.165, 1.54) is 7.11 Å². The summed E-state index contributed by atoms with van der Waals surface area (Å²) in [6, 6.07) is 13.3. The van der Waals surface area contributed by atoms with Crippen molar-refractivity contribution in [3.63, 3.8) is 0 Å². The minimum Gasteiger partial charge on any atom is -0.467 e. The number of ether oxygens (including phenoxy) is 2. The first-order valence-corrected chi connectivity index (χ1v) is 10.2. The predicted octanol–water partition coefficient (Wildman–Crippen LogP) is 3.62. The maximum Gasteiger partial charge on any atom is 0.332 e. The van der Waals surface area contributed by atoms with Crippen LogP contribution in [0.4, 0.5) is 11.4 Å². The van der Waals surface area contributed by atoms with Crippen molar-refractivity contribution in [1.82, 2.24) is 0 Å². The topological polar surface area (TPSA) is 102 Å². The Morgan fingerprint density at radius 1 is 1.07 bits per heavy atom. The fraction of sp³-hybridized carbons (Fsp3) is 0.381. The van der Waals surface area contributed by atoms with Crippen LogP contribution in [0, 0.1) is 0 Å². The van der Waals surface area contributed by atoms with Gasteiger partial charge in [-0.2, -0.15) is 0 Å². The summed E-state index contributed by atoms with van der Waals surface area (Å²) < 4.78 is 34.0. The number of methoxy groups -OCH3 is 1. The van der Waals surface area contributed by atoms with E-state index in [0.717, 1.165) is 15.4 Å². The number of benzene rings is 2. The fourth-order valence-corrected chi connectivity index (χ4v) is 3.80. The molecular formula is C21H28N2O5S. The molecule has 0 aliphatic carbocycles. The molecule has 2 rings (SSSR count). The average Bonchev–Trinajstić information content (AvgIpc) is 2.64. The number of esters is 1. The third-order valence-corrected chi connectivity index (χ3v) is 4.99. The average molecular weight is 421 g/mol. The van der Waals surface area contributed by atoms with Gasteiger partial charge in [0.1, 0.15) is 0 Å². The number of nitrogen functional groups attached to an aromatic ring is 1. The molecule has 0 aliphatic heterocycles. The zero-order chi connectivity index (χ0) is 21.8. The molecule has 0 aliphatic rings. The zero-order valence-corrected chi connectivity index (χ0v) is 18.1. The third-order valence-electron chi connectivity index (χ3n) is 4.21. The first-order chi connectivity index (χ1) is 13.5. The van der Waals surface area contributed by atoms with E-state index in [-0.39, 0.29) is 0 Å². The first kappa shape index (κ1) is 22.9. The molecular weight excluding hydrogens is 392 g/mol. The summed E-state index contributed by atoms with van der Waals surface area (Å²) in [7, 11) is 1.24. The summed E-state index contributed by atoms with van der Waals surface area (Å²) in [5, 5.41) is 0. The van der Waals surface area contributed by atoms with E-state index in [0.29, 0.717) is 11.4 Å². The number of carbonyl (C=O) groups excluding carboxylic acids is 1. The van der Waals surface area contributed by atoms with Crippen molar-refractivity contribution in [2.45, 2.75) is 45.4 Å². The van der Waals surface area contributed by atoms with E-state index in [4.69, 9.17) is 15.2 Å². The molecule has 3 unspecified atom stereocenters. The van der Waals surface area contributed by atoms with E-state index in [2.05, 4.69) is 0 Å². The zero-order valence-electron chi connectivity index (χ0n) is 17.3. The van der Waals surface area contributed by atoms with Gasteiger partial charge >= 0.3 is 5.97 Å². The van der Waals surface area contributed by atoms with Gasteiger partial charge in [0, 0.05) is 5.69 Å². The molecule has 0 bridgehead atoms. The maximum atomic E-state index is 12.5. The first-order valence-electron chi connectivity index (χ1n) is 9.15. The van der Waals surface area contributed by atoms with Crippen molar-refractivity contribution in [2.75, 3.05) is 17.1 Å². The molecule has 29 heavy (non-hydrogen) atoms. The molecule has 0 spiro atoms. The Balaban J connectivity index is 2.40. The number of hydrogen-bond donors (Lipinski definition) is 2. The molecule has 0 heterocycles. The van der Waals surface area contributed by atoms with Crippen molar-refractivity contribution in [3.05, 3.63) is 48.5 Å². The molecule has 2 aromatic rings. The van der Waals surface area contributed by atoms with Gasteiger partial charge in [0.05, 0.1) is 24.5 Å². The quantitative estimate of drug-likeness (QED) is 0.403. The monoisotopic (exact) mass is 420 g/mol. The molecule has 0 aromatic heterocycles. The third kappa shape index (κ3) is 6.03. The Labute approximate surface area is 174 Å². The molecule has 8 heteroatoms. The Kier molecular flexibility index (Phi) is 7.40. The van der Waals surface area contributed by atoms with Crippen molar-refractivity contribution < 1.29 is 23.0 Å². The number of anilines is 2. The van der Waals surface area contributed by atoms with Gasteiger partial charge in [-0.05, 0) is 63.1 Å². The number of hydrogen-bond acceptors (Lipinski definition) is 5. The minimum absolute atomic E-state index is 0.393. The van der Waals surface area contributed by atoms with Crippen molar-refractivity contribution in [3.8, 4) is 11.1 Å². The summed E-state index contributed by atoms with van der Waals surface area (Å²) in [4.78, 5) is 12.5. The predicted molar refractivity (Wildman–Crippen MR) is 116 cm³/mol. The van der Waals surface area contributed by atoms with Crippen LogP contribution in [-0.4, -0.2) is 39.6 Å². The van der Waals surface area contributed by atoms with Crippen molar-refractivity contribution >= 4 is 28.6 Å². The van der Waals surface area contributed by atoms with Crippen LogP contribution in [0.5, 0.6) is 0 Å². The van der Waals surface area contributed by atoms with Crippen molar-refractivity contribution in [1.29, 1.82) is 0 Å². The van der Waals surface area contributed by atoms with E-state index in [9.17, 15) is 13.6 Å². The van der Waals surface area contributed by atoms with E-state index < -0.39 is 35.0 Å². The Hall–Kier alpha value is -2.42. The van der Waals surface area contributed by atoms with Gasteiger partial charge in [-0.3, -0.25) is 8.86 Å². The molecule has 3 N–H and O–H groups in total. The molecule has 3 atom stereocenters. The SMILES string of the molecule is COC(=O)C(C(C)OC(C)(C)C)N(c1ccc(-c2ccc(N)cc2)cc1)S(=O)O. The highest BCUT2D eigenvalue weighted by atomic mass is 32.2. The molecule has 7 nitrogen and oxygen atoms in total. The second kappa shape index (κ2) is 9.39. The number of nitrogens with two attached hydrogens (primary N) is 1. The van der Waals surface area contributed by atoms with Gasteiger partial charge in [-0.25, -0.2) is 9.00 Å². The lowest BCUT2D eigenvalue weighted by molar-refractivity contribution is -0.148. The van der Waals surface area contributed by atoms with Crippen LogP contribution in [0.2, 0.25) is 0 Å². The van der Waals surface area contributed by atoms with Crippen LogP contribution in [-0.2, 0) is 25.5 Å². The smallest absolute Gasteiger partial charge is 0.332 e. The molecule has 0 saturated heterocycles. The highest BCUT2D eigenvalue weighted by Gasteiger charge is 2.38. The fourth-order valence-electron chi connectivity index (χ4n) is 3.05. The summed E-state index contributed by atoms with van der Waals surface area (Å²) >= 11 is -2.47. The number of rotatable bonds is 7. The van der Waals surface area contributed by atoms with Crippen LogP contribution in [0.3, 0.4) is 0 Å². The normalized spacial score (nSPS) is 14.7. The van der Waals surface area contributed by atoms with E-state index in [1.54, 1.807) is 31.2 Å². The molecule has 158 valence electrons. The van der Waals surface area contributed by atoms with E-state index >= 15 is 0 Å². The second-order valence-electron chi connectivity index (χ2n) is 7.63. The lowest BCUT2D eigenvalue weighted by Gasteiger charge is -2.35. The minimum atomic E-state index is -2.47. The lowest BCUT2D eigenvalue weighted by Crippen LogP contribution is -2.52. The standard InChI is InChI=1S/C21H28N2O5S/c1-14(28-21(2,3)4)19(20(24)27-5)23(29(25)26)18-12-8-16(9-13-18)15-6-10-17(22)11-7-15/h6-14,19H,22H2,1-5H3,(H,25,26). The van der Waals surface area contributed by atoms with Gasteiger partial charge in [-0.15, -0.1) is 0 Å². The summed E-state index contributed by atoms with van der Waals surface area (Å²) in [6.45, 7) is 7.22. The summed E-state index contributed by atoms with van der Waals surface area (Å²) in [5.74, 6) is -0.660. The molecule has 0 amide bonds. The maximum absolute atomic E-state index is 12.5. The van der Waals surface area contributed by atoms with Gasteiger partial charge < -0.3 is 15.2 Å². The summed E-state index contributed by atoms with van der Waals surface area (Å²) in [6.07, 6.45) is -0.699. The van der Waals surface area contributed by atoms with E-state index in [1.807, 2.05) is 45.0 Å². The molecule has 2 aromatic carbocycles. The Morgan fingerprint density at radius 3 is 1.97 bits per heavy atom. The van der Waals surface area contributed by atoms with Crippen LogP contribution in [0.25, 0.3) is 11.1 Å². The number of nitrogens with zero attached hydrogens (tertiary/aromatic N) is 1. The van der Waals surface area contributed by atoms with Crippen LogP contribution < -0.4 is 10.0 Å². The lowest BCUT2D eigenvalue weighted by atomic mass is 10.0. The van der Waals surface area contributed by atoms with Gasteiger partial charge in [0.25, 0.3) is 11.3 Å². The van der Waals surface area contributed by atoms with Gasteiger partial charge in [-0.1, -0.05) is 24.3 Å². The van der Waals surface area contributed by atoms with Crippen LogP contribution in [0.1, 0.15) is 27.7 Å². The summed E-state index contributed by atoms with van der Waals surface area (Å²) in [5.41, 5.74) is 8.10. The highest BCUT2D eigenvalue weighted by molar-refractivity contribution is 7.80. The molecule has 0 radical (unpaired) electrons. The Morgan fingerprint density at radius 2 is 1.55 bits per heavy atom. The van der Waals surface area contributed by atoms with Crippen LogP contribution in [0.15, 0.2) is 48.5 Å². The van der Waals surface area contributed by atoms with Gasteiger partial charge in [0.15, 0.2) is 6.04 Å².